The van der Waals surface area contributed by atoms with Crippen LogP contribution in [0.5, 0.6) is 0 Å². The minimum atomic E-state index is -1.25. The lowest BCUT2D eigenvalue weighted by molar-refractivity contribution is -0.160. The molecular weight excluding hydrogens is 230 g/mol. The lowest BCUT2D eigenvalue weighted by atomic mass is 9.96. The molecule has 16 heavy (non-hydrogen) atoms. The number of hydrogen-bond acceptors (Lipinski definition) is 3. The van der Waals surface area contributed by atoms with Crippen molar-refractivity contribution in [3.05, 3.63) is 34.9 Å². The first-order valence-corrected chi connectivity index (χ1v) is 5.13. The summed E-state index contributed by atoms with van der Waals surface area (Å²) in [5, 5.41) is 13.4. The van der Waals surface area contributed by atoms with Crippen LogP contribution in [0.4, 0.5) is 0 Å². The number of benzene rings is 1. The number of oxime groups is 1. The number of aliphatic carboxylic acids is 1. The third-order valence-corrected chi connectivity index (χ3v) is 2.74. The van der Waals surface area contributed by atoms with Crippen LogP contribution in [0, 0.1) is 0 Å². The molecule has 1 N–H and O–H groups in total. The summed E-state index contributed by atoms with van der Waals surface area (Å²) in [5.41, 5.74) is 0.200. The predicted molar refractivity (Wildman–Crippen MR) is 59.7 cm³/mol. The summed E-state index contributed by atoms with van der Waals surface area (Å²) < 4.78 is 0. The topological polar surface area (TPSA) is 58.9 Å². The SMILES string of the molecule is C[C@]1(C(=O)O)CC(c2ccc(Cl)cc2)=NO1. The Labute approximate surface area is 97.5 Å². The molecule has 0 unspecified atom stereocenters. The molecule has 1 aromatic rings. The number of hydrogen-bond donors (Lipinski definition) is 1. The molecule has 0 radical (unpaired) electrons. The molecule has 1 aromatic carbocycles. The Bertz CT molecular complexity index is 455. The molecule has 0 bridgehead atoms. The van der Waals surface area contributed by atoms with E-state index < -0.39 is 11.6 Å². The van der Waals surface area contributed by atoms with Crippen molar-refractivity contribution in [2.75, 3.05) is 0 Å². The van der Waals surface area contributed by atoms with E-state index in [0.29, 0.717) is 10.7 Å². The predicted octanol–water partition coefficient (Wildman–Crippen LogP) is 2.31. The minimum absolute atomic E-state index is 0.254. The summed E-state index contributed by atoms with van der Waals surface area (Å²) in [7, 11) is 0. The lowest BCUT2D eigenvalue weighted by Gasteiger charge is -2.14. The highest BCUT2D eigenvalue weighted by atomic mass is 35.5. The monoisotopic (exact) mass is 239 g/mol. The van der Waals surface area contributed by atoms with Crippen molar-refractivity contribution in [3.63, 3.8) is 0 Å². The van der Waals surface area contributed by atoms with Gasteiger partial charge in [0.25, 0.3) is 0 Å². The van der Waals surface area contributed by atoms with Crippen molar-refractivity contribution >= 4 is 23.3 Å². The van der Waals surface area contributed by atoms with Gasteiger partial charge >= 0.3 is 5.97 Å². The molecule has 1 atom stereocenters. The molecular formula is C11H10ClNO3. The number of halogens is 1. The molecule has 0 saturated heterocycles. The zero-order valence-electron chi connectivity index (χ0n) is 8.61. The molecule has 1 aliphatic heterocycles. The standard InChI is InChI=1S/C11H10ClNO3/c1-11(10(14)15)6-9(13-16-11)7-2-4-8(12)5-3-7/h2-5H,6H2,1H3,(H,14,15)/t11-/m1/s1. The van der Waals surface area contributed by atoms with E-state index in [2.05, 4.69) is 5.16 Å². The van der Waals surface area contributed by atoms with Crippen molar-refractivity contribution in [1.82, 2.24) is 0 Å². The van der Waals surface area contributed by atoms with Crippen LogP contribution in [-0.4, -0.2) is 22.4 Å². The molecule has 0 spiro atoms. The Morgan fingerprint density at radius 3 is 2.62 bits per heavy atom. The molecule has 0 saturated carbocycles. The van der Waals surface area contributed by atoms with Crippen LogP contribution in [0.2, 0.25) is 5.02 Å². The van der Waals surface area contributed by atoms with E-state index in [1.54, 1.807) is 24.3 Å². The Kier molecular flexibility index (Phi) is 2.59. The maximum atomic E-state index is 10.9. The van der Waals surface area contributed by atoms with Gasteiger partial charge in [-0.05, 0) is 24.6 Å². The van der Waals surface area contributed by atoms with Crippen molar-refractivity contribution < 1.29 is 14.7 Å². The van der Waals surface area contributed by atoms with E-state index in [0.717, 1.165) is 5.56 Å². The van der Waals surface area contributed by atoms with Crippen LogP contribution >= 0.6 is 11.6 Å². The van der Waals surface area contributed by atoms with E-state index in [9.17, 15) is 4.79 Å². The van der Waals surface area contributed by atoms with Gasteiger partial charge in [-0.25, -0.2) is 4.79 Å². The molecule has 5 heteroatoms. The average Bonchev–Trinajstić information content (AvgIpc) is 2.63. The zero-order chi connectivity index (χ0) is 11.8. The Morgan fingerprint density at radius 1 is 1.50 bits per heavy atom. The van der Waals surface area contributed by atoms with Gasteiger partial charge in [0.1, 0.15) is 0 Å². The Morgan fingerprint density at radius 2 is 2.12 bits per heavy atom. The van der Waals surface area contributed by atoms with Crippen LogP contribution in [-0.2, 0) is 9.63 Å². The van der Waals surface area contributed by atoms with Crippen LogP contribution in [0.3, 0.4) is 0 Å². The van der Waals surface area contributed by atoms with Gasteiger partial charge in [0.2, 0.25) is 5.60 Å². The maximum Gasteiger partial charge on any atom is 0.351 e. The van der Waals surface area contributed by atoms with Gasteiger partial charge in [-0.1, -0.05) is 28.9 Å². The number of rotatable bonds is 2. The van der Waals surface area contributed by atoms with Crippen LogP contribution in [0.1, 0.15) is 18.9 Å². The summed E-state index contributed by atoms with van der Waals surface area (Å²) in [6.45, 7) is 1.50. The molecule has 0 fully saturated rings. The van der Waals surface area contributed by atoms with Crippen LogP contribution < -0.4 is 0 Å². The second kappa shape index (κ2) is 3.79. The van der Waals surface area contributed by atoms with Crippen molar-refractivity contribution in [2.24, 2.45) is 5.16 Å². The van der Waals surface area contributed by atoms with E-state index >= 15 is 0 Å². The average molecular weight is 240 g/mol. The smallest absolute Gasteiger partial charge is 0.351 e. The molecule has 0 amide bonds. The molecule has 0 aliphatic carbocycles. The second-order valence-corrected chi connectivity index (χ2v) is 4.29. The van der Waals surface area contributed by atoms with Crippen molar-refractivity contribution in [3.8, 4) is 0 Å². The van der Waals surface area contributed by atoms with Gasteiger partial charge in [0, 0.05) is 11.4 Å². The van der Waals surface area contributed by atoms with Gasteiger partial charge in [-0.2, -0.15) is 0 Å². The maximum absolute atomic E-state index is 10.9. The molecule has 2 rings (SSSR count). The van der Waals surface area contributed by atoms with Gasteiger partial charge in [-0.3, -0.25) is 0 Å². The highest BCUT2D eigenvalue weighted by Crippen LogP contribution is 2.27. The minimum Gasteiger partial charge on any atom is -0.478 e. The first-order chi connectivity index (χ1) is 7.51. The van der Waals surface area contributed by atoms with Crippen LogP contribution in [0.15, 0.2) is 29.4 Å². The zero-order valence-corrected chi connectivity index (χ0v) is 9.36. The Balaban J connectivity index is 2.20. The van der Waals surface area contributed by atoms with E-state index in [1.807, 2.05) is 0 Å². The first-order valence-electron chi connectivity index (χ1n) is 4.76. The molecule has 84 valence electrons. The number of carboxylic acids is 1. The van der Waals surface area contributed by atoms with E-state index in [1.165, 1.54) is 6.92 Å². The summed E-state index contributed by atoms with van der Waals surface area (Å²) >= 11 is 5.76. The fourth-order valence-corrected chi connectivity index (χ4v) is 1.58. The molecule has 4 nitrogen and oxygen atoms in total. The number of carbonyl (C=O) groups is 1. The number of carboxylic acid groups (broad SMARTS) is 1. The highest BCUT2D eigenvalue weighted by Gasteiger charge is 2.42. The summed E-state index contributed by atoms with van der Waals surface area (Å²) in [6, 6.07) is 7.04. The third kappa shape index (κ3) is 1.88. The molecule has 0 aromatic heterocycles. The third-order valence-electron chi connectivity index (χ3n) is 2.49. The Hall–Kier alpha value is -1.55. The van der Waals surface area contributed by atoms with Crippen molar-refractivity contribution in [1.29, 1.82) is 0 Å². The van der Waals surface area contributed by atoms with Gasteiger partial charge in [0.15, 0.2) is 0 Å². The largest absolute Gasteiger partial charge is 0.478 e. The van der Waals surface area contributed by atoms with Gasteiger partial charge < -0.3 is 9.94 Å². The molecule has 1 heterocycles. The summed E-state index contributed by atoms with van der Waals surface area (Å²) in [5.74, 6) is -1.01. The fraction of sp³-hybridized carbons (Fsp3) is 0.273. The van der Waals surface area contributed by atoms with Gasteiger partial charge in [0.05, 0.1) is 5.71 Å². The fourth-order valence-electron chi connectivity index (χ4n) is 1.45. The second-order valence-electron chi connectivity index (χ2n) is 3.85. The van der Waals surface area contributed by atoms with E-state index in [-0.39, 0.29) is 6.42 Å². The summed E-state index contributed by atoms with van der Waals surface area (Å²) in [6.07, 6.45) is 0.254. The van der Waals surface area contributed by atoms with Gasteiger partial charge in [-0.15, -0.1) is 0 Å². The first kappa shape index (κ1) is 11.0. The number of nitrogens with zero attached hydrogens (tertiary/aromatic N) is 1. The molecule has 1 aliphatic rings. The van der Waals surface area contributed by atoms with Crippen LogP contribution in [0.25, 0.3) is 0 Å². The normalized spacial score (nSPS) is 23.8. The summed E-state index contributed by atoms with van der Waals surface area (Å²) in [4.78, 5) is 15.9. The van der Waals surface area contributed by atoms with Crippen molar-refractivity contribution in [2.45, 2.75) is 18.9 Å². The lowest BCUT2D eigenvalue weighted by Crippen LogP contribution is -2.35. The quantitative estimate of drug-likeness (QED) is 0.862. The van der Waals surface area contributed by atoms with E-state index in [4.69, 9.17) is 21.5 Å². The highest BCUT2D eigenvalue weighted by molar-refractivity contribution is 6.30.